The van der Waals surface area contributed by atoms with Gasteiger partial charge in [-0.15, -0.1) is 0 Å². The van der Waals surface area contributed by atoms with Crippen molar-refractivity contribution in [2.45, 2.75) is 25.7 Å². The summed E-state index contributed by atoms with van der Waals surface area (Å²) >= 11 is 0. The molecule has 0 aliphatic carbocycles. The number of hydrogen-bond donors (Lipinski definition) is 2. The first-order valence-electron chi connectivity index (χ1n) is 6.46. The molecule has 0 saturated carbocycles. The molecule has 2 rings (SSSR count). The Morgan fingerprint density at radius 3 is 2.23 bits per heavy atom. The molecule has 0 unspecified atom stereocenters. The first-order valence-corrected chi connectivity index (χ1v) is 7.90. The molecule has 1 aromatic carbocycles. The number of hydrogen-bond acceptors (Lipinski definition) is 5. The summed E-state index contributed by atoms with van der Waals surface area (Å²) in [4.78, 5) is 4.18. The van der Waals surface area contributed by atoms with Crippen LogP contribution >= 0.6 is 0 Å². The molecule has 0 aliphatic heterocycles. The molecule has 0 aliphatic rings. The molecular formula is C15H15N3O3S. The number of anilines is 2. The van der Waals surface area contributed by atoms with Crippen LogP contribution in [0, 0.1) is 32.1 Å². The number of aromatic nitrogens is 1. The minimum Gasteiger partial charge on any atom is -0.339 e. The lowest BCUT2D eigenvalue weighted by atomic mass is 10.0. The number of rotatable bonds is 3. The van der Waals surface area contributed by atoms with Crippen LogP contribution in [-0.2, 0) is 10.1 Å². The number of benzene rings is 1. The zero-order chi connectivity index (χ0) is 16.5. The van der Waals surface area contributed by atoms with Crippen LogP contribution in [0.4, 0.5) is 11.5 Å². The van der Waals surface area contributed by atoms with E-state index in [2.05, 4.69) is 16.4 Å². The Hall–Kier alpha value is -2.43. The highest BCUT2D eigenvalue weighted by Gasteiger charge is 2.13. The Kier molecular flexibility index (Phi) is 4.17. The van der Waals surface area contributed by atoms with Gasteiger partial charge >= 0.3 is 0 Å². The van der Waals surface area contributed by atoms with Crippen molar-refractivity contribution >= 4 is 21.6 Å². The van der Waals surface area contributed by atoms with E-state index >= 15 is 0 Å². The molecular weight excluding hydrogens is 302 g/mol. The second-order valence-electron chi connectivity index (χ2n) is 4.91. The minimum atomic E-state index is -4.22. The number of pyridine rings is 1. The van der Waals surface area contributed by atoms with Gasteiger partial charge in [0.1, 0.15) is 11.9 Å². The highest BCUT2D eigenvalue weighted by atomic mass is 32.2. The summed E-state index contributed by atoms with van der Waals surface area (Å²) in [7, 11) is -4.22. The van der Waals surface area contributed by atoms with Gasteiger partial charge in [0.05, 0.1) is 10.5 Å². The molecule has 0 fully saturated rings. The highest BCUT2D eigenvalue weighted by Crippen LogP contribution is 2.25. The van der Waals surface area contributed by atoms with Crippen LogP contribution in [-0.4, -0.2) is 18.0 Å². The molecule has 22 heavy (non-hydrogen) atoms. The van der Waals surface area contributed by atoms with Crippen LogP contribution in [0.5, 0.6) is 0 Å². The van der Waals surface area contributed by atoms with Gasteiger partial charge in [-0.05, 0) is 56.2 Å². The first-order chi connectivity index (χ1) is 10.2. The van der Waals surface area contributed by atoms with Gasteiger partial charge < -0.3 is 5.32 Å². The summed E-state index contributed by atoms with van der Waals surface area (Å²) in [5.74, 6) is 0.419. The van der Waals surface area contributed by atoms with E-state index in [4.69, 9.17) is 4.55 Å². The van der Waals surface area contributed by atoms with Crippen molar-refractivity contribution in [2.24, 2.45) is 0 Å². The normalized spacial score (nSPS) is 11.0. The van der Waals surface area contributed by atoms with E-state index in [1.165, 1.54) is 24.3 Å². The smallest absolute Gasteiger partial charge is 0.294 e. The van der Waals surface area contributed by atoms with Crippen LogP contribution < -0.4 is 5.32 Å². The van der Waals surface area contributed by atoms with E-state index in [1.54, 1.807) is 0 Å². The van der Waals surface area contributed by atoms with Crippen molar-refractivity contribution in [1.29, 1.82) is 5.26 Å². The van der Waals surface area contributed by atoms with E-state index in [-0.39, 0.29) is 4.90 Å². The van der Waals surface area contributed by atoms with E-state index in [0.29, 0.717) is 17.1 Å². The van der Waals surface area contributed by atoms with Gasteiger partial charge in [0.15, 0.2) is 0 Å². The van der Waals surface area contributed by atoms with Crippen molar-refractivity contribution in [2.75, 3.05) is 5.32 Å². The van der Waals surface area contributed by atoms with Crippen LogP contribution in [0.15, 0.2) is 29.2 Å². The lowest BCUT2D eigenvalue weighted by molar-refractivity contribution is 0.483. The van der Waals surface area contributed by atoms with E-state index < -0.39 is 10.1 Å². The second kappa shape index (κ2) is 5.75. The van der Waals surface area contributed by atoms with Gasteiger partial charge in [-0.25, -0.2) is 4.98 Å². The molecule has 114 valence electrons. The van der Waals surface area contributed by atoms with Crippen LogP contribution in [0.3, 0.4) is 0 Å². The van der Waals surface area contributed by atoms with Gasteiger partial charge in [0, 0.05) is 11.4 Å². The quantitative estimate of drug-likeness (QED) is 0.844. The lowest BCUT2D eigenvalue weighted by Gasteiger charge is -2.13. The molecule has 2 aromatic rings. The maximum absolute atomic E-state index is 11.0. The lowest BCUT2D eigenvalue weighted by Crippen LogP contribution is -2.04. The maximum Gasteiger partial charge on any atom is 0.294 e. The minimum absolute atomic E-state index is 0.192. The van der Waals surface area contributed by atoms with Crippen molar-refractivity contribution in [3.8, 4) is 6.07 Å². The fourth-order valence-corrected chi connectivity index (χ4v) is 2.50. The van der Waals surface area contributed by atoms with Gasteiger partial charge in [0.2, 0.25) is 0 Å². The number of nitrogens with one attached hydrogen (secondary N) is 1. The zero-order valence-electron chi connectivity index (χ0n) is 12.4. The fraction of sp³-hybridized carbons (Fsp3) is 0.200. The topological polar surface area (TPSA) is 103 Å². The zero-order valence-corrected chi connectivity index (χ0v) is 13.2. The Morgan fingerprint density at radius 2 is 1.73 bits per heavy atom. The Balaban J connectivity index is 2.42. The van der Waals surface area contributed by atoms with Gasteiger partial charge in [-0.3, -0.25) is 4.55 Å². The molecule has 1 aromatic heterocycles. The Morgan fingerprint density at radius 1 is 1.14 bits per heavy atom. The monoisotopic (exact) mass is 317 g/mol. The number of aryl methyl sites for hydroxylation is 1. The van der Waals surface area contributed by atoms with Crippen molar-refractivity contribution in [3.05, 3.63) is 46.6 Å². The van der Waals surface area contributed by atoms with Gasteiger partial charge in [-0.2, -0.15) is 13.7 Å². The highest BCUT2D eigenvalue weighted by molar-refractivity contribution is 7.85. The molecule has 2 N–H and O–H groups in total. The van der Waals surface area contributed by atoms with Crippen molar-refractivity contribution in [3.63, 3.8) is 0 Å². The molecule has 0 spiro atoms. The molecule has 0 saturated heterocycles. The summed E-state index contributed by atoms with van der Waals surface area (Å²) in [5.41, 5.74) is 3.64. The van der Waals surface area contributed by atoms with E-state index in [0.717, 1.165) is 16.8 Å². The predicted molar refractivity (Wildman–Crippen MR) is 82.7 cm³/mol. The largest absolute Gasteiger partial charge is 0.339 e. The van der Waals surface area contributed by atoms with Crippen LogP contribution in [0.2, 0.25) is 0 Å². The average molecular weight is 317 g/mol. The summed E-state index contributed by atoms with van der Waals surface area (Å²) < 4.78 is 31.0. The summed E-state index contributed by atoms with van der Waals surface area (Å²) in [6, 6.07) is 7.67. The predicted octanol–water partition coefficient (Wildman–Crippen LogP) is 2.87. The molecule has 0 radical (unpaired) electrons. The SMILES string of the molecule is Cc1nc(Nc2ccc(S(=O)(=O)O)cc2)c(C#N)c(C)c1C. The Bertz CT molecular complexity index is 866. The number of nitrogens with zero attached hydrogens (tertiary/aromatic N) is 2. The van der Waals surface area contributed by atoms with Crippen molar-refractivity contribution in [1.82, 2.24) is 4.98 Å². The summed E-state index contributed by atoms with van der Waals surface area (Å²) in [5, 5.41) is 12.3. The van der Waals surface area contributed by atoms with Crippen LogP contribution in [0.1, 0.15) is 22.4 Å². The maximum atomic E-state index is 11.0. The standard InChI is InChI=1S/C15H15N3O3S/c1-9-10(2)14(8-16)15(17-11(9)3)18-12-4-6-13(7-5-12)22(19,20)21/h4-7H,1-3H3,(H,17,18)(H,19,20,21). The van der Waals surface area contributed by atoms with Gasteiger partial charge in [0.25, 0.3) is 10.1 Å². The molecule has 7 heteroatoms. The average Bonchev–Trinajstić information content (AvgIpc) is 2.45. The molecule has 0 amide bonds. The summed E-state index contributed by atoms with van der Waals surface area (Å²) in [6.45, 7) is 5.62. The number of nitriles is 1. The molecule has 0 atom stereocenters. The summed E-state index contributed by atoms with van der Waals surface area (Å²) in [6.07, 6.45) is 0. The fourth-order valence-electron chi connectivity index (χ4n) is 2.02. The molecule has 6 nitrogen and oxygen atoms in total. The first kappa shape index (κ1) is 15.9. The second-order valence-corrected chi connectivity index (χ2v) is 6.33. The third kappa shape index (κ3) is 3.08. The molecule has 1 heterocycles. The van der Waals surface area contributed by atoms with E-state index in [9.17, 15) is 13.7 Å². The van der Waals surface area contributed by atoms with Crippen LogP contribution in [0.25, 0.3) is 0 Å². The van der Waals surface area contributed by atoms with E-state index in [1.807, 2.05) is 20.8 Å². The van der Waals surface area contributed by atoms with Gasteiger partial charge in [-0.1, -0.05) is 0 Å². The third-order valence-electron chi connectivity index (χ3n) is 3.52. The third-order valence-corrected chi connectivity index (χ3v) is 4.39. The Labute approximate surface area is 129 Å². The van der Waals surface area contributed by atoms with Crippen molar-refractivity contribution < 1.29 is 13.0 Å². The molecule has 0 bridgehead atoms.